The fourth-order valence-electron chi connectivity index (χ4n) is 2.65. The third kappa shape index (κ3) is 7.63. The van der Waals surface area contributed by atoms with Crippen LogP contribution in [0, 0.1) is 0 Å². The van der Waals surface area contributed by atoms with Crippen molar-refractivity contribution in [2.75, 3.05) is 25.1 Å². The lowest BCUT2D eigenvalue weighted by Crippen LogP contribution is -2.37. The topological polar surface area (TPSA) is 54.2 Å². The summed E-state index contributed by atoms with van der Waals surface area (Å²) in [5.41, 5.74) is 3.75. The molecular formula is C17H34IN5S. The van der Waals surface area contributed by atoms with Crippen LogP contribution >= 0.6 is 35.7 Å². The first kappa shape index (κ1) is 23.6. The maximum atomic E-state index is 4.77. The molecule has 1 aromatic rings. The molecule has 0 spiro atoms. The van der Waals surface area contributed by atoms with Crippen LogP contribution in [0.15, 0.2) is 4.99 Å². The van der Waals surface area contributed by atoms with Crippen molar-refractivity contribution < 1.29 is 0 Å². The number of thioether (sulfide) groups is 1. The van der Waals surface area contributed by atoms with E-state index in [0.29, 0.717) is 6.54 Å². The molecule has 0 unspecified atom stereocenters. The van der Waals surface area contributed by atoms with E-state index in [2.05, 4.69) is 42.8 Å². The second-order valence-corrected chi connectivity index (χ2v) is 6.51. The lowest BCUT2D eigenvalue weighted by Gasteiger charge is -2.11. The van der Waals surface area contributed by atoms with Crippen molar-refractivity contribution in [2.24, 2.45) is 12.0 Å². The summed E-state index contributed by atoms with van der Waals surface area (Å²) in [6.45, 7) is 8.99. The smallest absolute Gasteiger partial charge is 0.191 e. The SMILES string of the molecule is CCNC(=NCc1c(CC)nn(C)c1CC)NCCCCSC.I. The van der Waals surface area contributed by atoms with Crippen molar-refractivity contribution in [1.82, 2.24) is 20.4 Å². The van der Waals surface area contributed by atoms with Gasteiger partial charge in [0, 0.05) is 31.4 Å². The minimum absolute atomic E-state index is 0. The summed E-state index contributed by atoms with van der Waals surface area (Å²) in [5.74, 6) is 2.13. The Labute approximate surface area is 168 Å². The number of hydrogen-bond acceptors (Lipinski definition) is 3. The highest BCUT2D eigenvalue weighted by Gasteiger charge is 2.13. The zero-order chi connectivity index (χ0) is 17.1. The van der Waals surface area contributed by atoms with Crippen molar-refractivity contribution in [3.8, 4) is 0 Å². The molecule has 1 rings (SSSR count). The van der Waals surface area contributed by atoms with E-state index >= 15 is 0 Å². The fourth-order valence-corrected chi connectivity index (χ4v) is 3.14. The molecule has 0 bridgehead atoms. The minimum Gasteiger partial charge on any atom is -0.357 e. The van der Waals surface area contributed by atoms with Crippen molar-refractivity contribution in [3.63, 3.8) is 0 Å². The zero-order valence-corrected chi connectivity index (χ0v) is 19.0. The Hall–Kier alpha value is -0.440. The Morgan fingerprint density at radius 1 is 1.17 bits per heavy atom. The summed E-state index contributed by atoms with van der Waals surface area (Å²) in [7, 11) is 2.03. The number of nitrogens with one attached hydrogen (secondary N) is 2. The number of nitrogens with zero attached hydrogens (tertiary/aromatic N) is 3. The van der Waals surface area contributed by atoms with Crippen molar-refractivity contribution in [2.45, 2.75) is 53.0 Å². The van der Waals surface area contributed by atoms with Crippen LogP contribution in [0.4, 0.5) is 0 Å². The molecule has 0 aromatic carbocycles. The van der Waals surface area contributed by atoms with Gasteiger partial charge >= 0.3 is 0 Å². The van der Waals surface area contributed by atoms with Gasteiger partial charge in [-0.1, -0.05) is 13.8 Å². The average molecular weight is 467 g/mol. The van der Waals surface area contributed by atoms with E-state index in [0.717, 1.165) is 31.9 Å². The molecule has 0 amide bonds. The van der Waals surface area contributed by atoms with Crippen LogP contribution in [-0.2, 0) is 26.4 Å². The van der Waals surface area contributed by atoms with Crippen LogP contribution in [0.1, 0.15) is 50.6 Å². The van der Waals surface area contributed by atoms with Gasteiger partial charge in [-0.2, -0.15) is 16.9 Å². The van der Waals surface area contributed by atoms with Gasteiger partial charge in [0.1, 0.15) is 0 Å². The predicted octanol–water partition coefficient (Wildman–Crippen LogP) is 3.36. The first-order valence-electron chi connectivity index (χ1n) is 8.72. The summed E-state index contributed by atoms with van der Waals surface area (Å²) in [6, 6.07) is 0. The van der Waals surface area contributed by atoms with E-state index in [1.807, 2.05) is 23.5 Å². The Bertz CT molecular complexity index is 488. The average Bonchev–Trinajstić information content (AvgIpc) is 2.87. The van der Waals surface area contributed by atoms with Gasteiger partial charge in [-0.25, -0.2) is 4.99 Å². The quantitative estimate of drug-likeness (QED) is 0.240. The van der Waals surface area contributed by atoms with Crippen LogP contribution in [0.25, 0.3) is 0 Å². The number of hydrogen-bond donors (Lipinski definition) is 2. The number of unbranched alkanes of at least 4 members (excludes halogenated alkanes) is 1. The number of aliphatic imine (C=N–C) groups is 1. The Balaban J connectivity index is 0.00000529. The minimum atomic E-state index is 0. The molecule has 140 valence electrons. The van der Waals surface area contributed by atoms with Gasteiger partial charge in [-0.05, 0) is 44.6 Å². The first-order valence-corrected chi connectivity index (χ1v) is 10.1. The van der Waals surface area contributed by atoms with E-state index in [4.69, 9.17) is 4.99 Å². The zero-order valence-electron chi connectivity index (χ0n) is 15.8. The molecule has 1 heterocycles. The highest BCUT2D eigenvalue weighted by molar-refractivity contribution is 14.0. The molecule has 0 atom stereocenters. The summed E-state index contributed by atoms with van der Waals surface area (Å²) >= 11 is 1.91. The Kier molecular flexibility index (Phi) is 13.6. The largest absolute Gasteiger partial charge is 0.357 e. The molecule has 7 heteroatoms. The second kappa shape index (κ2) is 13.8. The second-order valence-electron chi connectivity index (χ2n) is 5.52. The molecule has 0 saturated carbocycles. The van der Waals surface area contributed by atoms with E-state index in [9.17, 15) is 0 Å². The summed E-state index contributed by atoms with van der Waals surface area (Å²) < 4.78 is 2.01. The van der Waals surface area contributed by atoms with E-state index in [-0.39, 0.29) is 24.0 Å². The van der Waals surface area contributed by atoms with Gasteiger partial charge in [-0.15, -0.1) is 24.0 Å². The van der Waals surface area contributed by atoms with Crippen LogP contribution in [-0.4, -0.2) is 40.8 Å². The lowest BCUT2D eigenvalue weighted by atomic mass is 10.1. The van der Waals surface area contributed by atoms with Gasteiger partial charge in [0.15, 0.2) is 5.96 Å². The van der Waals surface area contributed by atoms with E-state index in [1.54, 1.807) is 0 Å². The summed E-state index contributed by atoms with van der Waals surface area (Å²) in [5, 5.41) is 11.4. The Morgan fingerprint density at radius 2 is 1.92 bits per heavy atom. The molecule has 0 aliphatic heterocycles. The highest BCUT2D eigenvalue weighted by atomic mass is 127. The molecule has 0 aliphatic carbocycles. The molecule has 2 N–H and O–H groups in total. The molecule has 24 heavy (non-hydrogen) atoms. The third-order valence-electron chi connectivity index (χ3n) is 3.84. The molecule has 0 fully saturated rings. The number of halogens is 1. The fraction of sp³-hybridized carbons (Fsp3) is 0.765. The molecular weight excluding hydrogens is 433 g/mol. The van der Waals surface area contributed by atoms with Gasteiger partial charge < -0.3 is 10.6 Å². The van der Waals surface area contributed by atoms with Crippen LogP contribution < -0.4 is 10.6 Å². The highest BCUT2D eigenvalue weighted by Crippen LogP contribution is 2.16. The number of rotatable bonds is 10. The Morgan fingerprint density at radius 3 is 2.50 bits per heavy atom. The number of guanidine groups is 1. The maximum Gasteiger partial charge on any atom is 0.191 e. The van der Waals surface area contributed by atoms with Crippen LogP contribution in [0.3, 0.4) is 0 Å². The summed E-state index contributed by atoms with van der Waals surface area (Å²) in [6.07, 6.45) is 6.53. The standard InChI is InChI=1S/C17H33N5S.HI/c1-6-15-14(16(7-2)22(4)21-15)13-20-17(18-8-3)19-11-9-10-12-23-5;/h6-13H2,1-5H3,(H2,18,19,20);1H. The number of aryl methyl sites for hydroxylation is 2. The van der Waals surface area contributed by atoms with Gasteiger partial charge in [0.05, 0.1) is 12.2 Å². The molecule has 0 saturated heterocycles. The predicted molar refractivity (Wildman–Crippen MR) is 118 cm³/mol. The monoisotopic (exact) mass is 467 g/mol. The van der Waals surface area contributed by atoms with Crippen LogP contribution in [0.5, 0.6) is 0 Å². The molecule has 0 aliphatic rings. The number of aromatic nitrogens is 2. The van der Waals surface area contributed by atoms with Crippen molar-refractivity contribution in [1.29, 1.82) is 0 Å². The normalized spacial score (nSPS) is 11.3. The third-order valence-corrected chi connectivity index (χ3v) is 4.53. The van der Waals surface area contributed by atoms with Crippen LogP contribution in [0.2, 0.25) is 0 Å². The van der Waals surface area contributed by atoms with Crippen molar-refractivity contribution in [3.05, 3.63) is 17.0 Å². The lowest BCUT2D eigenvalue weighted by molar-refractivity contribution is 0.703. The molecule has 1 aromatic heterocycles. The summed E-state index contributed by atoms with van der Waals surface area (Å²) in [4.78, 5) is 4.77. The van der Waals surface area contributed by atoms with E-state index in [1.165, 1.54) is 35.5 Å². The first-order chi connectivity index (χ1) is 11.2. The molecule has 5 nitrogen and oxygen atoms in total. The maximum absolute atomic E-state index is 4.77. The van der Waals surface area contributed by atoms with Gasteiger partial charge in [-0.3, -0.25) is 4.68 Å². The van der Waals surface area contributed by atoms with Gasteiger partial charge in [0.25, 0.3) is 0 Å². The van der Waals surface area contributed by atoms with Gasteiger partial charge in [0.2, 0.25) is 0 Å². The van der Waals surface area contributed by atoms with Crippen molar-refractivity contribution >= 4 is 41.7 Å². The van der Waals surface area contributed by atoms with E-state index < -0.39 is 0 Å². The molecule has 0 radical (unpaired) electrons.